The first-order valence-electron chi connectivity index (χ1n) is 11.7. The highest BCUT2D eigenvalue weighted by molar-refractivity contribution is 7.89. The Morgan fingerprint density at radius 3 is 1.79 bits per heavy atom. The molecule has 1 aliphatic heterocycles. The second kappa shape index (κ2) is 10.5. The lowest BCUT2D eigenvalue weighted by molar-refractivity contribution is 0.222. The Kier molecular flexibility index (Phi) is 7.86. The van der Waals surface area contributed by atoms with Crippen LogP contribution in [0.5, 0.6) is 0 Å². The maximum Gasteiger partial charge on any atom is 0.297 e. The number of benzene rings is 3. The first-order valence-corrected chi connectivity index (χ1v) is 16.0. The van der Waals surface area contributed by atoms with Crippen molar-refractivity contribution in [3.63, 3.8) is 0 Å². The SMILES string of the molecule is COS(=O)(=O)c1ccc(C)cc1[C@H]1C[C@H](OS(=O)(=O)c2ccc(C)cc2)CN1S(=O)(=O)c1ccc(C)cc1. The van der Waals surface area contributed by atoms with E-state index in [-0.39, 0.29) is 33.2 Å². The largest absolute Gasteiger partial charge is 0.297 e. The quantitative estimate of drug-likeness (QED) is 0.369. The molecule has 2 atom stereocenters. The highest BCUT2D eigenvalue weighted by Gasteiger charge is 2.45. The van der Waals surface area contributed by atoms with Gasteiger partial charge in [0.05, 0.1) is 33.9 Å². The monoisotopic (exact) mass is 579 g/mol. The molecule has 204 valence electrons. The van der Waals surface area contributed by atoms with Crippen molar-refractivity contribution in [1.82, 2.24) is 4.31 Å². The number of hydrogen-bond donors (Lipinski definition) is 0. The Hall–Kier alpha value is -2.61. The summed E-state index contributed by atoms with van der Waals surface area (Å²) in [5, 5.41) is 0. The van der Waals surface area contributed by atoms with Crippen molar-refractivity contribution in [2.75, 3.05) is 13.7 Å². The number of aryl methyl sites for hydroxylation is 3. The van der Waals surface area contributed by atoms with Gasteiger partial charge in [0, 0.05) is 6.54 Å². The lowest BCUT2D eigenvalue weighted by Gasteiger charge is -2.26. The Morgan fingerprint density at radius 1 is 0.711 bits per heavy atom. The summed E-state index contributed by atoms with van der Waals surface area (Å²) >= 11 is 0. The first-order chi connectivity index (χ1) is 17.7. The highest BCUT2D eigenvalue weighted by Crippen LogP contribution is 2.41. The zero-order valence-electron chi connectivity index (χ0n) is 21.4. The minimum Gasteiger partial charge on any atom is -0.270 e. The van der Waals surface area contributed by atoms with Crippen LogP contribution in [0.25, 0.3) is 0 Å². The van der Waals surface area contributed by atoms with Crippen LogP contribution in [-0.2, 0) is 38.6 Å². The number of hydrogen-bond acceptors (Lipinski definition) is 8. The first kappa shape index (κ1) is 28.4. The third-order valence-electron chi connectivity index (χ3n) is 6.43. The molecule has 0 amide bonds. The molecule has 9 nitrogen and oxygen atoms in total. The summed E-state index contributed by atoms with van der Waals surface area (Å²) in [5.74, 6) is 0. The Bertz CT molecular complexity index is 1650. The zero-order chi connectivity index (χ0) is 27.9. The number of nitrogens with zero attached hydrogens (tertiary/aromatic N) is 1. The Morgan fingerprint density at radius 2 is 1.24 bits per heavy atom. The number of rotatable bonds is 8. The molecule has 3 aromatic carbocycles. The van der Waals surface area contributed by atoms with E-state index in [1.165, 1.54) is 30.3 Å². The molecule has 4 rings (SSSR count). The van der Waals surface area contributed by atoms with Crippen molar-refractivity contribution in [3.8, 4) is 0 Å². The van der Waals surface area contributed by atoms with E-state index in [2.05, 4.69) is 0 Å². The molecule has 0 saturated carbocycles. The van der Waals surface area contributed by atoms with E-state index >= 15 is 0 Å². The second-order valence-electron chi connectivity index (χ2n) is 9.29. The van der Waals surface area contributed by atoms with Crippen LogP contribution in [0.2, 0.25) is 0 Å². The van der Waals surface area contributed by atoms with Crippen molar-refractivity contribution in [2.24, 2.45) is 0 Å². The number of sulfonamides is 1. The predicted molar refractivity (Wildman–Crippen MR) is 141 cm³/mol. The van der Waals surface area contributed by atoms with Gasteiger partial charge in [-0.1, -0.05) is 53.1 Å². The Balaban J connectivity index is 1.81. The van der Waals surface area contributed by atoms with E-state index in [1.807, 2.05) is 13.8 Å². The molecule has 0 aliphatic carbocycles. The summed E-state index contributed by atoms with van der Waals surface area (Å²) in [6.07, 6.45) is -1.16. The third kappa shape index (κ3) is 5.70. The molecule has 1 aliphatic rings. The lowest BCUT2D eigenvalue weighted by atomic mass is 10.0. The highest BCUT2D eigenvalue weighted by atomic mass is 32.2. The smallest absolute Gasteiger partial charge is 0.270 e. The summed E-state index contributed by atoms with van der Waals surface area (Å²) in [5.41, 5.74) is 2.60. The van der Waals surface area contributed by atoms with Gasteiger partial charge >= 0.3 is 0 Å². The van der Waals surface area contributed by atoms with Gasteiger partial charge in [0.15, 0.2) is 0 Å². The summed E-state index contributed by atoms with van der Waals surface area (Å²) in [7, 11) is -11.6. The molecule has 0 unspecified atom stereocenters. The van der Waals surface area contributed by atoms with Gasteiger partial charge < -0.3 is 0 Å². The van der Waals surface area contributed by atoms with Gasteiger partial charge in [-0.15, -0.1) is 0 Å². The molecule has 0 bridgehead atoms. The molecule has 0 N–H and O–H groups in total. The van der Waals surface area contributed by atoms with Crippen molar-refractivity contribution >= 4 is 30.3 Å². The average Bonchev–Trinajstić information content (AvgIpc) is 3.28. The lowest BCUT2D eigenvalue weighted by Crippen LogP contribution is -2.33. The van der Waals surface area contributed by atoms with Crippen LogP contribution >= 0.6 is 0 Å². The fourth-order valence-corrected chi connectivity index (χ4v) is 8.04. The molecule has 38 heavy (non-hydrogen) atoms. The van der Waals surface area contributed by atoms with Gasteiger partial charge in [0.2, 0.25) is 10.0 Å². The summed E-state index contributed by atoms with van der Waals surface area (Å²) in [4.78, 5) is -0.251. The van der Waals surface area contributed by atoms with Crippen molar-refractivity contribution < 1.29 is 33.6 Å². The van der Waals surface area contributed by atoms with E-state index in [1.54, 1.807) is 43.3 Å². The van der Waals surface area contributed by atoms with Crippen LogP contribution in [0.4, 0.5) is 0 Å². The van der Waals surface area contributed by atoms with E-state index in [0.717, 1.165) is 22.5 Å². The van der Waals surface area contributed by atoms with E-state index in [0.29, 0.717) is 5.56 Å². The minimum atomic E-state index is -4.22. The van der Waals surface area contributed by atoms with Crippen molar-refractivity contribution in [2.45, 2.75) is 54.0 Å². The molecule has 0 spiro atoms. The molecular weight excluding hydrogens is 550 g/mol. The molecular formula is C26H29NO8S3. The standard InChI is InChI=1S/C26H29NO8S3/c1-18-5-10-22(11-6-18)36(28,29)27-17-21(35-37(30,31)23-12-7-19(2)8-13-23)16-25(27)24-15-20(3)9-14-26(24)38(32,33)34-4/h5-15,21,25H,16-17H2,1-4H3/t21-,25+/m0/s1. The normalized spacial score (nSPS) is 19.1. The maximum atomic E-state index is 13.8. The summed E-state index contributed by atoms with van der Waals surface area (Å²) in [6.45, 7) is 5.09. The van der Waals surface area contributed by atoms with Crippen molar-refractivity contribution in [3.05, 3.63) is 89.0 Å². The van der Waals surface area contributed by atoms with Gasteiger partial charge in [0.1, 0.15) is 0 Å². The van der Waals surface area contributed by atoms with Crippen LogP contribution in [0, 0.1) is 20.8 Å². The van der Waals surface area contributed by atoms with Gasteiger partial charge in [-0.2, -0.15) is 21.1 Å². The van der Waals surface area contributed by atoms with Gasteiger partial charge in [-0.25, -0.2) is 8.42 Å². The van der Waals surface area contributed by atoms with E-state index in [9.17, 15) is 25.3 Å². The van der Waals surface area contributed by atoms with E-state index < -0.39 is 42.4 Å². The molecule has 0 aromatic heterocycles. The minimum absolute atomic E-state index is 0.000978. The van der Waals surface area contributed by atoms with Crippen LogP contribution in [0.3, 0.4) is 0 Å². The maximum absolute atomic E-state index is 13.8. The van der Waals surface area contributed by atoms with Crippen LogP contribution in [0.1, 0.15) is 34.7 Å². The Labute approximate surface area is 224 Å². The van der Waals surface area contributed by atoms with Crippen molar-refractivity contribution in [1.29, 1.82) is 0 Å². The summed E-state index contributed by atoms with van der Waals surface area (Å²) in [6, 6.07) is 15.8. The fraction of sp³-hybridized carbons (Fsp3) is 0.308. The van der Waals surface area contributed by atoms with Crippen LogP contribution < -0.4 is 0 Å². The molecule has 1 fully saturated rings. The zero-order valence-corrected chi connectivity index (χ0v) is 23.8. The summed E-state index contributed by atoms with van der Waals surface area (Å²) < 4.78 is 90.5. The molecule has 0 radical (unpaired) electrons. The average molecular weight is 580 g/mol. The molecule has 1 saturated heterocycles. The van der Waals surface area contributed by atoms with Gasteiger partial charge in [-0.05, 0) is 63.1 Å². The predicted octanol–water partition coefficient (Wildman–Crippen LogP) is 3.86. The third-order valence-corrected chi connectivity index (χ3v) is 11.0. The molecule has 1 heterocycles. The fourth-order valence-electron chi connectivity index (χ4n) is 4.42. The topological polar surface area (TPSA) is 124 Å². The van der Waals surface area contributed by atoms with E-state index in [4.69, 9.17) is 8.37 Å². The second-order valence-corrected chi connectivity index (χ2v) is 14.4. The van der Waals surface area contributed by atoms with Gasteiger partial charge in [-0.3, -0.25) is 8.37 Å². The van der Waals surface area contributed by atoms with Gasteiger partial charge in [0.25, 0.3) is 20.2 Å². The molecule has 12 heteroatoms. The molecule has 3 aromatic rings. The van der Waals surface area contributed by atoms with Crippen LogP contribution in [-0.4, -0.2) is 49.3 Å². The van der Waals surface area contributed by atoms with Crippen LogP contribution in [0.15, 0.2) is 81.4 Å².